The van der Waals surface area contributed by atoms with Crippen LogP contribution in [0.15, 0.2) is 24.4 Å². The van der Waals surface area contributed by atoms with Gasteiger partial charge in [0, 0.05) is 10.0 Å². The number of aromatic nitrogens is 2. The summed E-state index contributed by atoms with van der Waals surface area (Å²) in [6.45, 7) is 0. The van der Waals surface area contributed by atoms with E-state index in [9.17, 15) is 0 Å². The maximum atomic E-state index is 6.06. The van der Waals surface area contributed by atoms with Crippen molar-refractivity contribution in [2.24, 2.45) is 5.73 Å². The van der Waals surface area contributed by atoms with Crippen molar-refractivity contribution in [2.45, 2.75) is 12.5 Å². The number of hydrogen-bond acceptors (Lipinski definition) is 4. The van der Waals surface area contributed by atoms with Gasteiger partial charge in [-0.15, -0.1) is 0 Å². The number of halogens is 2. The van der Waals surface area contributed by atoms with Gasteiger partial charge in [0.05, 0.1) is 29.7 Å². The molecule has 0 saturated carbocycles. The quantitative estimate of drug-likeness (QED) is 0.935. The van der Waals surface area contributed by atoms with Crippen LogP contribution in [0, 0.1) is 0 Å². The fourth-order valence-corrected chi connectivity index (χ4v) is 2.42. The van der Waals surface area contributed by atoms with Crippen LogP contribution in [-0.4, -0.2) is 8.75 Å². The summed E-state index contributed by atoms with van der Waals surface area (Å²) < 4.78 is 8.01. The molecule has 2 rings (SSSR count). The second-order valence-corrected chi connectivity index (χ2v) is 4.71. The van der Waals surface area contributed by atoms with E-state index in [1.165, 1.54) is 0 Å². The van der Waals surface area contributed by atoms with Crippen LogP contribution in [0.25, 0.3) is 0 Å². The molecule has 3 nitrogen and oxygen atoms in total. The molecule has 0 radical (unpaired) electrons. The monoisotopic (exact) mass is 273 g/mol. The molecule has 1 aromatic heterocycles. The topological polar surface area (TPSA) is 51.8 Å². The maximum Gasteiger partial charge on any atom is 0.0913 e. The van der Waals surface area contributed by atoms with E-state index in [4.69, 9.17) is 28.9 Å². The molecule has 0 bridgehead atoms. The van der Waals surface area contributed by atoms with Crippen molar-refractivity contribution >= 4 is 34.9 Å². The summed E-state index contributed by atoms with van der Waals surface area (Å²) in [6.07, 6.45) is 2.23. The molecular weight excluding hydrogens is 265 g/mol. The number of rotatable bonds is 3. The molecule has 0 aliphatic rings. The van der Waals surface area contributed by atoms with E-state index in [0.29, 0.717) is 16.5 Å². The largest absolute Gasteiger partial charge is 0.322 e. The van der Waals surface area contributed by atoms with Gasteiger partial charge in [0.2, 0.25) is 0 Å². The van der Waals surface area contributed by atoms with Crippen LogP contribution in [0.5, 0.6) is 0 Å². The minimum atomic E-state index is -0.226. The predicted octanol–water partition coefficient (Wildman–Crippen LogP) is 3.09. The highest BCUT2D eigenvalue weighted by molar-refractivity contribution is 6.99. The molecule has 2 N–H and O–H groups in total. The van der Waals surface area contributed by atoms with E-state index in [2.05, 4.69) is 8.75 Å². The number of benzene rings is 1. The Bertz CT molecular complexity index is 453. The zero-order chi connectivity index (χ0) is 11.5. The molecule has 2 aromatic rings. The third-order valence-corrected chi connectivity index (χ3v) is 3.44. The predicted molar refractivity (Wildman–Crippen MR) is 67.0 cm³/mol. The highest BCUT2D eigenvalue weighted by atomic mass is 35.5. The molecule has 0 saturated heterocycles. The summed E-state index contributed by atoms with van der Waals surface area (Å²) in [5.74, 6) is 0. The Kier molecular flexibility index (Phi) is 3.76. The molecule has 1 aromatic carbocycles. The Hall–Kier alpha value is -0.680. The van der Waals surface area contributed by atoms with Crippen molar-refractivity contribution in [1.82, 2.24) is 8.75 Å². The number of nitrogens with zero attached hydrogens (tertiary/aromatic N) is 2. The first-order valence-electron chi connectivity index (χ1n) is 4.64. The first kappa shape index (κ1) is 11.8. The fraction of sp³-hybridized carbons (Fsp3) is 0.200. The first-order valence-corrected chi connectivity index (χ1v) is 6.13. The highest BCUT2D eigenvalue weighted by Crippen LogP contribution is 2.27. The van der Waals surface area contributed by atoms with Crippen LogP contribution >= 0.6 is 34.9 Å². The van der Waals surface area contributed by atoms with E-state index in [0.717, 1.165) is 23.0 Å². The lowest BCUT2D eigenvalue weighted by Crippen LogP contribution is -2.14. The summed E-state index contributed by atoms with van der Waals surface area (Å²) in [5.41, 5.74) is 7.61. The Balaban J connectivity index is 2.21. The molecule has 0 aliphatic heterocycles. The van der Waals surface area contributed by atoms with Gasteiger partial charge in [-0.2, -0.15) is 8.75 Å². The third-order valence-electron chi connectivity index (χ3n) is 2.24. The number of hydrogen-bond donors (Lipinski definition) is 1. The van der Waals surface area contributed by atoms with Gasteiger partial charge >= 0.3 is 0 Å². The van der Waals surface area contributed by atoms with Gasteiger partial charge in [-0.05, 0) is 24.1 Å². The van der Waals surface area contributed by atoms with Crippen molar-refractivity contribution in [3.63, 3.8) is 0 Å². The van der Waals surface area contributed by atoms with E-state index in [-0.39, 0.29) is 6.04 Å². The van der Waals surface area contributed by atoms with Gasteiger partial charge in [0.15, 0.2) is 0 Å². The van der Waals surface area contributed by atoms with Crippen LogP contribution < -0.4 is 5.73 Å². The van der Waals surface area contributed by atoms with E-state index in [1.807, 2.05) is 6.07 Å². The minimum Gasteiger partial charge on any atom is -0.322 e. The minimum absolute atomic E-state index is 0.226. The molecule has 0 amide bonds. The van der Waals surface area contributed by atoms with E-state index < -0.39 is 0 Å². The molecule has 0 fully saturated rings. The average Bonchev–Trinajstić information content (AvgIpc) is 2.76. The fourth-order valence-electron chi connectivity index (χ4n) is 1.39. The zero-order valence-corrected chi connectivity index (χ0v) is 10.6. The van der Waals surface area contributed by atoms with E-state index in [1.54, 1.807) is 18.3 Å². The molecule has 0 aliphatic carbocycles. The maximum absolute atomic E-state index is 6.06. The van der Waals surface area contributed by atoms with Gasteiger partial charge in [-0.3, -0.25) is 0 Å². The second kappa shape index (κ2) is 5.10. The van der Waals surface area contributed by atoms with Gasteiger partial charge in [-0.1, -0.05) is 29.3 Å². The molecule has 84 valence electrons. The normalized spacial score (nSPS) is 12.7. The molecule has 1 heterocycles. The molecule has 16 heavy (non-hydrogen) atoms. The van der Waals surface area contributed by atoms with E-state index >= 15 is 0 Å². The average molecular weight is 274 g/mol. The van der Waals surface area contributed by atoms with Crippen molar-refractivity contribution in [1.29, 1.82) is 0 Å². The molecule has 1 unspecified atom stereocenters. The first-order chi connectivity index (χ1) is 7.68. The van der Waals surface area contributed by atoms with Gasteiger partial charge in [0.1, 0.15) is 0 Å². The van der Waals surface area contributed by atoms with Gasteiger partial charge in [-0.25, -0.2) is 0 Å². The summed E-state index contributed by atoms with van der Waals surface area (Å²) in [7, 11) is 0. The van der Waals surface area contributed by atoms with Crippen molar-refractivity contribution in [2.75, 3.05) is 0 Å². The summed E-state index contributed by atoms with van der Waals surface area (Å²) in [4.78, 5) is 0. The Morgan fingerprint density at radius 1 is 1.31 bits per heavy atom. The highest BCUT2D eigenvalue weighted by Gasteiger charge is 2.14. The lowest BCUT2D eigenvalue weighted by molar-refractivity contribution is 0.704. The van der Waals surface area contributed by atoms with Crippen LogP contribution in [0.4, 0.5) is 0 Å². The zero-order valence-electron chi connectivity index (χ0n) is 8.23. The number of nitrogens with two attached hydrogens (primary N) is 1. The van der Waals surface area contributed by atoms with Crippen LogP contribution in [0.1, 0.15) is 17.3 Å². The standard InChI is InChI=1S/C10H9Cl2N3S/c11-7-2-1-3-8(12)6(7)4-9(13)10-5-14-16-15-10/h1-3,5,9H,4,13H2. The van der Waals surface area contributed by atoms with Gasteiger partial charge < -0.3 is 5.73 Å². The Labute approximate surface area is 108 Å². The van der Waals surface area contributed by atoms with Crippen molar-refractivity contribution in [3.8, 4) is 0 Å². The molecule has 1 atom stereocenters. The van der Waals surface area contributed by atoms with Crippen LogP contribution in [-0.2, 0) is 6.42 Å². The lowest BCUT2D eigenvalue weighted by atomic mass is 10.0. The van der Waals surface area contributed by atoms with Crippen molar-refractivity contribution < 1.29 is 0 Å². The molecular formula is C10H9Cl2N3S. The summed E-state index contributed by atoms with van der Waals surface area (Å²) >= 11 is 13.3. The SMILES string of the molecule is NC(Cc1c(Cl)cccc1Cl)c1cnsn1. The third kappa shape index (κ3) is 2.52. The Morgan fingerprint density at radius 3 is 2.56 bits per heavy atom. The lowest BCUT2D eigenvalue weighted by Gasteiger charge is -2.11. The second-order valence-electron chi connectivity index (χ2n) is 3.34. The van der Waals surface area contributed by atoms with Gasteiger partial charge in [0.25, 0.3) is 0 Å². The van der Waals surface area contributed by atoms with Crippen LogP contribution in [0.3, 0.4) is 0 Å². The Morgan fingerprint density at radius 2 is 2.00 bits per heavy atom. The summed E-state index contributed by atoms with van der Waals surface area (Å²) in [6, 6.07) is 5.18. The smallest absolute Gasteiger partial charge is 0.0913 e. The van der Waals surface area contributed by atoms with Crippen molar-refractivity contribution in [3.05, 3.63) is 45.7 Å². The molecule has 0 spiro atoms. The summed E-state index contributed by atoms with van der Waals surface area (Å²) in [5, 5.41) is 1.26. The van der Waals surface area contributed by atoms with Crippen LogP contribution in [0.2, 0.25) is 10.0 Å². The molecule has 6 heteroatoms.